The highest BCUT2D eigenvalue weighted by Gasteiger charge is 2.36. The monoisotopic (exact) mass is 198 g/mol. The van der Waals surface area contributed by atoms with Crippen LogP contribution in [0.4, 0.5) is 13.2 Å². The molecule has 1 aromatic heterocycles. The zero-order valence-corrected chi connectivity index (χ0v) is 6.11. The summed E-state index contributed by atoms with van der Waals surface area (Å²) in [5, 5.41) is 11.8. The molecule has 1 N–H and O–H groups in total. The lowest BCUT2D eigenvalue weighted by Crippen LogP contribution is -2.03. The van der Waals surface area contributed by atoms with Crippen molar-refractivity contribution < 1.29 is 23.1 Å². The van der Waals surface area contributed by atoms with Crippen LogP contribution in [-0.4, -0.2) is 21.3 Å². The van der Waals surface area contributed by atoms with E-state index in [0.29, 0.717) is 0 Å². The van der Waals surface area contributed by atoms with Crippen molar-refractivity contribution in [2.75, 3.05) is 0 Å². The van der Waals surface area contributed by atoms with Crippen molar-refractivity contribution in [2.24, 2.45) is 0 Å². The summed E-state index contributed by atoms with van der Waals surface area (Å²) in [7, 11) is 0. The minimum absolute atomic E-state index is 0.00116. The number of aromatic nitrogens is 2. The predicted octanol–water partition coefficient (Wildman–Crippen LogP) is 1.26. The molecule has 0 fully saturated rings. The summed E-state index contributed by atoms with van der Waals surface area (Å²) in [6, 6.07) is 0. The van der Waals surface area contributed by atoms with Gasteiger partial charge in [0, 0.05) is 0 Å². The molecule has 0 saturated carbocycles. The Kier molecular flexibility index (Phi) is 2.01. The van der Waals surface area contributed by atoms with E-state index in [4.69, 9.17) is 5.11 Å². The van der Waals surface area contributed by atoms with E-state index < -0.39 is 22.2 Å². The number of rotatable bonds is 1. The van der Waals surface area contributed by atoms with E-state index in [1.165, 1.54) is 0 Å². The number of carboxylic acid groups (broad SMARTS) is 1. The topological polar surface area (TPSA) is 63.1 Å². The van der Waals surface area contributed by atoms with Gasteiger partial charge in [0.05, 0.1) is 0 Å². The molecule has 4 nitrogen and oxygen atoms in total. The van der Waals surface area contributed by atoms with Gasteiger partial charge in [0.2, 0.25) is 10.0 Å². The molecule has 0 unspecified atom stereocenters. The van der Waals surface area contributed by atoms with Gasteiger partial charge in [-0.3, -0.25) is 0 Å². The molecule has 0 saturated heterocycles. The Morgan fingerprint density at radius 3 is 2.25 bits per heavy atom. The fourth-order valence-corrected chi connectivity index (χ4v) is 0.974. The molecule has 0 aromatic carbocycles. The quantitative estimate of drug-likeness (QED) is 0.737. The highest BCUT2D eigenvalue weighted by atomic mass is 32.1. The molecule has 0 spiro atoms. The predicted molar refractivity (Wildman–Crippen MR) is 31.9 cm³/mol. The second-order valence-corrected chi connectivity index (χ2v) is 2.69. The van der Waals surface area contributed by atoms with E-state index in [2.05, 4.69) is 10.2 Å². The van der Waals surface area contributed by atoms with E-state index in [1.807, 2.05) is 0 Å². The standard InChI is InChI=1S/C4HF3N2O2S/c5-4(6,7)3-9-8-1(12-3)2(10)11/h(H,10,11). The van der Waals surface area contributed by atoms with Crippen molar-refractivity contribution in [2.45, 2.75) is 6.18 Å². The third-order valence-electron chi connectivity index (χ3n) is 0.850. The first-order valence-corrected chi connectivity index (χ1v) is 3.37. The third kappa shape index (κ3) is 1.70. The van der Waals surface area contributed by atoms with Gasteiger partial charge in [-0.1, -0.05) is 11.3 Å². The Morgan fingerprint density at radius 2 is 2.00 bits per heavy atom. The van der Waals surface area contributed by atoms with Gasteiger partial charge in [0.1, 0.15) is 0 Å². The van der Waals surface area contributed by atoms with Crippen LogP contribution in [0.5, 0.6) is 0 Å². The normalized spacial score (nSPS) is 11.6. The summed E-state index contributed by atoms with van der Waals surface area (Å²) in [6.07, 6.45) is -4.62. The Morgan fingerprint density at radius 1 is 1.42 bits per heavy atom. The van der Waals surface area contributed by atoms with Crippen LogP contribution in [0.25, 0.3) is 0 Å². The highest BCUT2D eigenvalue weighted by molar-refractivity contribution is 7.13. The van der Waals surface area contributed by atoms with Crippen LogP contribution in [0, 0.1) is 0 Å². The molecule has 0 aliphatic carbocycles. The van der Waals surface area contributed by atoms with E-state index in [-0.39, 0.29) is 11.3 Å². The fourth-order valence-electron chi connectivity index (χ4n) is 0.424. The third-order valence-corrected chi connectivity index (χ3v) is 1.81. The largest absolute Gasteiger partial charge is 0.476 e. The van der Waals surface area contributed by atoms with Crippen LogP contribution in [-0.2, 0) is 6.18 Å². The summed E-state index contributed by atoms with van der Waals surface area (Å²) < 4.78 is 35.3. The van der Waals surface area contributed by atoms with Crippen molar-refractivity contribution in [3.63, 3.8) is 0 Å². The first kappa shape index (κ1) is 8.91. The van der Waals surface area contributed by atoms with Gasteiger partial charge in [-0.2, -0.15) is 13.2 Å². The smallest absolute Gasteiger partial charge is 0.445 e. The maximum Gasteiger partial charge on any atom is 0.445 e. The van der Waals surface area contributed by atoms with Crippen molar-refractivity contribution in [1.82, 2.24) is 10.2 Å². The average Bonchev–Trinajstić information content (AvgIpc) is 2.30. The van der Waals surface area contributed by atoms with Crippen molar-refractivity contribution in [3.8, 4) is 0 Å². The van der Waals surface area contributed by atoms with Crippen LogP contribution in [0.3, 0.4) is 0 Å². The molecule has 12 heavy (non-hydrogen) atoms. The molecule has 0 atom stereocenters. The second kappa shape index (κ2) is 2.70. The molecule has 1 rings (SSSR count). The maximum atomic E-state index is 11.8. The molecule has 0 amide bonds. The average molecular weight is 198 g/mol. The highest BCUT2D eigenvalue weighted by Crippen LogP contribution is 2.31. The summed E-state index contributed by atoms with van der Waals surface area (Å²) >= 11 is 0.00116. The molecule has 1 heterocycles. The number of alkyl halides is 3. The first-order valence-electron chi connectivity index (χ1n) is 2.55. The Balaban J connectivity index is 3.00. The fraction of sp³-hybridized carbons (Fsp3) is 0.250. The molecule has 0 aliphatic heterocycles. The van der Waals surface area contributed by atoms with Gasteiger partial charge in [-0.25, -0.2) is 4.79 Å². The molecule has 0 aliphatic rings. The van der Waals surface area contributed by atoms with Gasteiger partial charge < -0.3 is 5.11 Å². The van der Waals surface area contributed by atoms with Crippen LogP contribution in [0.15, 0.2) is 0 Å². The SMILES string of the molecule is O=C(O)c1nnc(C(F)(F)F)s1. The van der Waals surface area contributed by atoms with Gasteiger partial charge >= 0.3 is 12.1 Å². The van der Waals surface area contributed by atoms with E-state index >= 15 is 0 Å². The van der Waals surface area contributed by atoms with Crippen LogP contribution < -0.4 is 0 Å². The van der Waals surface area contributed by atoms with Crippen molar-refractivity contribution in [1.29, 1.82) is 0 Å². The lowest BCUT2D eigenvalue weighted by atomic mass is 10.7. The Bertz CT molecular complexity index is 307. The minimum atomic E-state index is -4.62. The summed E-state index contributed by atoms with van der Waals surface area (Å²) in [5.74, 6) is -1.51. The molecular weight excluding hydrogens is 197 g/mol. The number of aromatic carboxylic acids is 1. The lowest BCUT2D eigenvalue weighted by molar-refractivity contribution is -0.138. The van der Waals surface area contributed by atoms with Crippen LogP contribution in [0.1, 0.15) is 14.8 Å². The zero-order valence-electron chi connectivity index (χ0n) is 5.29. The number of carbonyl (C=O) groups is 1. The van der Waals surface area contributed by atoms with E-state index in [1.54, 1.807) is 0 Å². The minimum Gasteiger partial charge on any atom is -0.476 e. The number of carboxylic acids is 1. The van der Waals surface area contributed by atoms with Crippen molar-refractivity contribution in [3.05, 3.63) is 10.0 Å². The van der Waals surface area contributed by atoms with Gasteiger partial charge in [0.15, 0.2) is 0 Å². The molecule has 0 radical (unpaired) electrons. The number of halogens is 3. The van der Waals surface area contributed by atoms with Gasteiger partial charge in [-0.15, -0.1) is 10.2 Å². The maximum absolute atomic E-state index is 11.8. The summed E-state index contributed by atoms with van der Waals surface area (Å²) in [5.41, 5.74) is 0. The van der Waals surface area contributed by atoms with E-state index in [9.17, 15) is 18.0 Å². The number of nitrogens with zero attached hydrogens (tertiary/aromatic N) is 2. The summed E-state index contributed by atoms with van der Waals surface area (Å²) in [4.78, 5) is 10.1. The summed E-state index contributed by atoms with van der Waals surface area (Å²) in [6.45, 7) is 0. The number of hydrogen-bond donors (Lipinski definition) is 1. The first-order chi connectivity index (χ1) is 5.41. The molecule has 66 valence electrons. The molecular formula is C4HF3N2O2S. The van der Waals surface area contributed by atoms with Crippen molar-refractivity contribution >= 4 is 17.3 Å². The second-order valence-electron chi connectivity index (χ2n) is 1.72. The van der Waals surface area contributed by atoms with Gasteiger partial charge in [0.25, 0.3) is 0 Å². The Hall–Kier alpha value is -1.18. The lowest BCUT2D eigenvalue weighted by Gasteiger charge is -1.96. The molecule has 1 aromatic rings. The Labute approximate surface area is 67.7 Å². The zero-order chi connectivity index (χ0) is 9.35. The van der Waals surface area contributed by atoms with Crippen LogP contribution >= 0.6 is 11.3 Å². The molecule has 8 heteroatoms. The molecule has 0 bridgehead atoms. The number of hydrogen-bond acceptors (Lipinski definition) is 4. The van der Waals surface area contributed by atoms with Crippen LogP contribution in [0.2, 0.25) is 0 Å². The van der Waals surface area contributed by atoms with Gasteiger partial charge in [-0.05, 0) is 0 Å². The van der Waals surface area contributed by atoms with E-state index in [0.717, 1.165) is 0 Å².